The lowest BCUT2D eigenvalue weighted by molar-refractivity contribution is -0.126. The second-order valence-electron chi connectivity index (χ2n) is 6.68. The van der Waals surface area contributed by atoms with Gasteiger partial charge in [-0.3, -0.25) is 4.79 Å². The zero-order chi connectivity index (χ0) is 18.4. The predicted octanol–water partition coefficient (Wildman–Crippen LogP) is 1.56. The van der Waals surface area contributed by atoms with Gasteiger partial charge in [0.2, 0.25) is 15.9 Å². The van der Waals surface area contributed by atoms with Crippen LogP contribution in [0.5, 0.6) is 0 Å². The van der Waals surface area contributed by atoms with E-state index >= 15 is 0 Å². The number of halogens is 1. The quantitative estimate of drug-likeness (QED) is 0.770. The molecule has 1 aliphatic rings. The SMILES string of the molecule is CN(C)CCNC(=O)[C@@H]1CCCN(S(=O)(=O)Cc2cccc(Cl)c2)C1. The highest BCUT2D eigenvalue weighted by molar-refractivity contribution is 7.88. The molecule has 0 unspecified atom stereocenters. The molecule has 6 nitrogen and oxygen atoms in total. The first-order chi connectivity index (χ1) is 11.8. The Morgan fingerprint density at radius 1 is 1.40 bits per heavy atom. The zero-order valence-corrected chi connectivity index (χ0v) is 16.3. The van der Waals surface area contributed by atoms with Gasteiger partial charge in [0.1, 0.15) is 0 Å². The molecule has 0 saturated carbocycles. The van der Waals surface area contributed by atoms with E-state index in [2.05, 4.69) is 5.32 Å². The molecule has 0 aromatic heterocycles. The monoisotopic (exact) mass is 387 g/mol. The van der Waals surface area contributed by atoms with Gasteiger partial charge in [-0.05, 0) is 44.6 Å². The van der Waals surface area contributed by atoms with Gasteiger partial charge in [0.15, 0.2) is 0 Å². The Balaban J connectivity index is 1.96. The van der Waals surface area contributed by atoms with Crippen molar-refractivity contribution >= 4 is 27.5 Å². The summed E-state index contributed by atoms with van der Waals surface area (Å²) in [6, 6.07) is 6.87. The Morgan fingerprint density at radius 2 is 2.16 bits per heavy atom. The fourth-order valence-electron chi connectivity index (χ4n) is 2.88. The number of carbonyl (C=O) groups is 1. The first-order valence-corrected chi connectivity index (χ1v) is 10.4. The molecular weight excluding hydrogens is 362 g/mol. The number of sulfonamides is 1. The maximum atomic E-state index is 12.7. The van der Waals surface area contributed by atoms with Crippen molar-refractivity contribution in [3.8, 4) is 0 Å². The Labute approximate surface area is 155 Å². The molecule has 8 heteroatoms. The van der Waals surface area contributed by atoms with Crippen molar-refractivity contribution in [2.75, 3.05) is 40.3 Å². The third-order valence-corrected chi connectivity index (χ3v) is 6.30. The average molecular weight is 388 g/mol. The van der Waals surface area contributed by atoms with Crippen molar-refractivity contribution < 1.29 is 13.2 Å². The lowest BCUT2D eigenvalue weighted by atomic mass is 9.99. The number of likely N-dealkylation sites (N-methyl/N-ethyl adjacent to an activating group) is 1. The van der Waals surface area contributed by atoms with Gasteiger partial charge in [0, 0.05) is 31.2 Å². The smallest absolute Gasteiger partial charge is 0.224 e. The maximum Gasteiger partial charge on any atom is 0.224 e. The van der Waals surface area contributed by atoms with Crippen LogP contribution in [0.2, 0.25) is 5.02 Å². The van der Waals surface area contributed by atoms with E-state index in [9.17, 15) is 13.2 Å². The molecule has 1 N–H and O–H groups in total. The number of rotatable bonds is 7. The molecule has 2 rings (SSSR count). The van der Waals surface area contributed by atoms with Gasteiger partial charge in [-0.15, -0.1) is 0 Å². The molecule has 1 aliphatic heterocycles. The van der Waals surface area contributed by atoms with Crippen molar-refractivity contribution in [2.45, 2.75) is 18.6 Å². The third-order valence-electron chi connectivity index (χ3n) is 4.24. The Hall–Kier alpha value is -1.15. The topological polar surface area (TPSA) is 69.7 Å². The molecule has 0 spiro atoms. The molecule has 1 saturated heterocycles. The summed E-state index contributed by atoms with van der Waals surface area (Å²) in [6.07, 6.45) is 1.41. The number of hydrogen-bond donors (Lipinski definition) is 1. The molecule has 0 bridgehead atoms. The number of nitrogens with one attached hydrogen (secondary N) is 1. The largest absolute Gasteiger partial charge is 0.355 e. The highest BCUT2D eigenvalue weighted by Gasteiger charge is 2.32. The number of hydrogen-bond acceptors (Lipinski definition) is 4. The highest BCUT2D eigenvalue weighted by atomic mass is 35.5. The number of piperidine rings is 1. The van der Waals surface area contributed by atoms with Crippen molar-refractivity contribution in [1.29, 1.82) is 0 Å². The van der Waals surface area contributed by atoms with E-state index in [4.69, 9.17) is 11.6 Å². The Kier molecular flexibility index (Phi) is 7.25. The molecular formula is C17H26ClN3O3S. The van der Waals surface area contributed by atoms with E-state index in [1.807, 2.05) is 19.0 Å². The maximum absolute atomic E-state index is 12.7. The lowest BCUT2D eigenvalue weighted by Crippen LogP contribution is -2.46. The van der Waals surface area contributed by atoms with E-state index in [1.54, 1.807) is 24.3 Å². The normalized spacial score (nSPS) is 19.1. The van der Waals surface area contributed by atoms with Crippen LogP contribution in [0, 0.1) is 5.92 Å². The van der Waals surface area contributed by atoms with Crippen LogP contribution in [-0.2, 0) is 20.6 Å². The zero-order valence-electron chi connectivity index (χ0n) is 14.7. The molecule has 1 amide bonds. The Morgan fingerprint density at radius 3 is 2.84 bits per heavy atom. The average Bonchev–Trinajstić information content (AvgIpc) is 2.54. The Bertz CT molecular complexity index is 694. The first-order valence-electron chi connectivity index (χ1n) is 8.42. The summed E-state index contributed by atoms with van der Waals surface area (Å²) in [6.45, 7) is 2.04. The third kappa shape index (κ3) is 6.26. The first kappa shape index (κ1) is 20.2. The summed E-state index contributed by atoms with van der Waals surface area (Å²) in [5.74, 6) is -0.447. The van der Waals surface area contributed by atoms with Gasteiger partial charge >= 0.3 is 0 Å². The second kappa shape index (κ2) is 8.98. The van der Waals surface area contributed by atoms with Gasteiger partial charge in [0.25, 0.3) is 0 Å². The second-order valence-corrected chi connectivity index (χ2v) is 9.08. The standard InChI is InChI=1S/C17H26ClN3O3S/c1-20(2)10-8-19-17(22)15-6-4-9-21(12-15)25(23,24)13-14-5-3-7-16(18)11-14/h3,5,7,11,15H,4,6,8-10,12-13H2,1-2H3,(H,19,22)/t15-/m1/s1. The van der Waals surface area contributed by atoms with E-state index < -0.39 is 10.0 Å². The summed E-state index contributed by atoms with van der Waals surface area (Å²) in [5.41, 5.74) is 0.657. The lowest BCUT2D eigenvalue weighted by Gasteiger charge is -2.31. The molecule has 1 aromatic rings. The molecule has 1 fully saturated rings. The molecule has 1 heterocycles. The van der Waals surface area contributed by atoms with Crippen LogP contribution in [0.4, 0.5) is 0 Å². The number of nitrogens with zero attached hydrogens (tertiary/aromatic N) is 2. The van der Waals surface area contributed by atoms with Crippen LogP contribution in [0.25, 0.3) is 0 Å². The summed E-state index contributed by atoms with van der Waals surface area (Å²) in [7, 11) is 0.416. The van der Waals surface area contributed by atoms with Gasteiger partial charge < -0.3 is 10.2 Å². The predicted molar refractivity (Wildman–Crippen MR) is 99.9 cm³/mol. The molecule has 140 valence electrons. The minimum Gasteiger partial charge on any atom is -0.355 e. The van der Waals surface area contributed by atoms with Crippen LogP contribution in [0.3, 0.4) is 0 Å². The number of carbonyl (C=O) groups excluding carboxylic acids is 1. The molecule has 25 heavy (non-hydrogen) atoms. The van der Waals surface area contributed by atoms with Crippen LogP contribution in [-0.4, -0.2) is 63.8 Å². The van der Waals surface area contributed by atoms with Crippen LogP contribution < -0.4 is 5.32 Å². The van der Waals surface area contributed by atoms with E-state index in [1.165, 1.54) is 4.31 Å². The van der Waals surface area contributed by atoms with Gasteiger partial charge in [0.05, 0.1) is 11.7 Å². The fourth-order valence-corrected chi connectivity index (χ4v) is 4.70. The molecule has 0 aliphatic carbocycles. The number of amides is 1. The molecule has 0 radical (unpaired) electrons. The molecule has 1 atom stereocenters. The van der Waals surface area contributed by atoms with Crippen molar-refractivity contribution in [3.63, 3.8) is 0 Å². The van der Waals surface area contributed by atoms with E-state index in [0.717, 1.165) is 13.0 Å². The van der Waals surface area contributed by atoms with Crippen LogP contribution >= 0.6 is 11.6 Å². The van der Waals surface area contributed by atoms with Gasteiger partial charge in [-0.2, -0.15) is 0 Å². The highest BCUT2D eigenvalue weighted by Crippen LogP contribution is 2.22. The van der Waals surface area contributed by atoms with Crippen molar-refractivity contribution in [1.82, 2.24) is 14.5 Å². The summed E-state index contributed by atoms with van der Waals surface area (Å²) in [5, 5.41) is 3.41. The summed E-state index contributed by atoms with van der Waals surface area (Å²) >= 11 is 5.93. The van der Waals surface area contributed by atoms with Gasteiger partial charge in [-0.25, -0.2) is 12.7 Å². The van der Waals surface area contributed by atoms with Crippen molar-refractivity contribution in [3.05, 3.63) is 34.9 Å². The minimum absolute atomic E-state index is 0.0653. The van der Waals surface area contributed by atoms with E-state index in [0.29, 0.717) is 30.1 Å². The number of benzene rings is 1. The van der Waals surface area contributed by atoms with Crippen LogP contribution in [0.1, 0.15) is 18.4 Å². The minimum atomic E-state index is -3.47. The summed E-state index contributed by atoms with van der Waals surface area (Å²) < 4.78 is 26.8. The van der Waals surface area contributed by atoms with Crippen LogP contribution in [0.15, 0.2) is 24.3 Å². The summed E-state index contributed by atoms with van der Waals surface area (Å²) in [4.78, 5) is 14.3. The van der Waals surface area contributed by atoms with Crippen molar-refractivity contribution in [2.24, 2.45) is 5.92 Å². The fraction of sp³-hybridized carbons (Fsp3) is 0.588. The van der Waals surface area contributed by atoms with Gasteiger partial charge in [-0.1, -0.05) is 23.7 Å². The van der Waals surface area contributed by atoms with E-state index in [-0.39, 0.29) is 24.1 Å². The molecule has 1 aromatic carbocycles.